The fraction of sp³-hybridized carbons (Fsp3) is 0.214. The summed E-state index contributed by atoms with van der Waals surface area (Å²) in [6.45, 7) is 11.5. The normalized spacial score (nSPS) is 13.1. The SMILES string of the molecule is CCCN1CCN(c2ccc(Nc3ncc(C(=O)Nc4c(C)cccc4C)c(Oc4cccc(-c5ccnc(-c6ccccc6)n5)c4)n3)cc2)CC1. The largest absolute Gasteiger partial charge is 0.438 e. The third-order valence-corrected chi connectivity index (χ3v) is 9.15. The monoisotopic (exact) mass is 690 g/mol. The maximum Gasteiger partial charge on any atom is 0.262 e. The van der Waals surface area contributed by atoms with E-state index in [1.165, 1.54) is 18.3 Å². The number of piperazine rings is 1. The van der Waals surface area contributed by atoms with Crippen LogP contribution < -0.4 is 20.3 Å². The number of aromatic nitrogens is 4. The molecule has 0 radical (unpaired) electrons. The molecule has 52 heavy (non-hydrogen) atoms. The number of carbonyl (C=O) groups excluding carboxylic acids is 1. The number of para-hydroxylation sites is 1. The Morgan fingerprint density at radius 3 is 2.27 bits per heavy atom. The number of benzene rings is 4. The van der Waals surface area contributed by atoms with Crippen LogP contribution in [0.15, 0.2) is 116 Å². The molecule has 1 amide bonds. The smallest absolute Gasteiger partial charge is 0.262 e. The molecule has 3 heterocycles. The van der Waals surface area contributed by atoms with Crippen molar-refractivity contribution in [3.8, 4) is 34.3 Å². The molecule has 2 aromatic heterocycles. The molecule has 0 saturated carbocycles. The molecule has 0 spiro atoms. The van der Waals surface area contributed by atoms with E-state index in [-0.39, 0.29) is 17.4 Å². The molecule has 7 rings (SSSR count). The van der Waals surface area contributed by atoms with Gasteiger partial charge in [-0.15, -0.1) is 0 Å². The second-order valence-electron chi connectivity index (χ2n) is 12.9. The average molecular weight is 691 g/mol. The topological polar surface area (TPSA) is 108 Å². The van der Waals surface area contributed by atoms with Crippen molar-refractivity contribution < 1.29 is 9.53 Å². The van der Waals surface area contributed by atoms with E-state index in [1.54, 1.807) is 6.20 Å². The van der Waals surface area contributed by atoms with Crippen LogP contribution in [0.4, 0.5) is 23.0 Å². The third kappa shape index (κ3) is 8.08. The van der Waals surface area contributed by atoms with E-state index in [9.17, 15) is 4.79 Å². The molecule has 10 nitrogen and oxygen atoms in total. The molecule has 1 fully saturated rings. The van der Waals surface area contributed by atoms with Gasteiger partial charge in [-0.2, -0.15) is 4.98 Å². The quantitative estimate of drug-likeness (QED) is 0.138. The Kier molecular flexibility index (Phi) is 10.4. The molecule has 0 bridgehead atoms. The van der Waals surface area contributed by atoms with E-state index in [0.29, 0.717) is 17.5 Å². The van der Waals surface area contributed by atoms with Crippen LogP contribution in [0.5, 0.6) is 11.6 Å². The minimum absolute atomic E-state index is 0.118. The summed E-state index contributed by atoms with van der Waals surface area (Å²) in [6.07, 6.45) is 4.42. The van der Waals surface area contributed by atoms with E-state index < -0.39 is 0 Å². The molecule has 2 N–H and O–H groups in total. The molecule has 10 heteroatoms. The highest BCUT2D eigenvalue weighted by Gasteiger charge is 2.20. The second-order valence-corrected chi connectivity index (χ2v) is 12.9. The summed E-state index contributed by atoms with van der Waals surface area (Å²) in [7, 11) is 0. The zero-order chi connectivity index (χ0) is 35.9. The average Bonchev–Trinajstić information content (AvgIpc) is 3.18. The highest BCUT2D eigenvalue weighted by molar-refractivity contribution is 6.06. The van der Waals surface area contributed by atoms with E-state index >= 15 is 0 Å². The standard InChI is InChI=1S/C42H42N8O2/c1-4-22-49-23-25-50(26-24-49)34-18-16-33(17-19-34)45-42-44-28-36(40(51)47-38-29(2)10-8-11-30(38)3)41(48-42)52-35-15-9-14-32(27-35)37-20-21-43-39(46-37)31-12-6-5-7-13-31/h5-21,27-28H,4,22-26H2,1-3H3,(H,47,51)(H,44,45,48). The zero-order valence-electron chi connectivity index (χ0n) is 29.7. The Balaban J connectivity index is 1.15. The maximum absolute atomic E-state index is 13.8. The summed E-state index contributed by atoms with van der Waals surface area (Å²) in [4.78, 5) is 37.2. The number of ether oxygens (including phenoxy) is 1. The van der Waals surface area contributed by atoms with Gasteiger partial charge in [-0.05, 0) is 80.4 Å². The molecule has 4 aromatic carbocycles. The number of nitrogens with zero attached hydrogens (tertiary/aromatic N) is 6. The summed E-state index contributed by atoms with van der Waals surface area (Å²) in [5, 5.41) is 6.35. The summed E-state index contributed by atoms with van der Waals surface area (Å²) < 4.78 is 6.40. The van der Waals surface area contributed by atoms with Gasteiger partial charge in [-0.1, -0.05) is 67.6 Å². The predicted octanol–water partition coefficient (Wildman–Crippen LogP) is 8.54. The van der Waals surface area contributed by atoms with Crippen LogP contribution >= 0.6 is 0 Å². The van der Waals surface area contributed by atoms with Gasteiger partial charge in [0.25, 0.3) is 5.91 Å². The van der Waals surface area contributed by atoms with Crippen molar-refractivity contribution in [3.63, 3.8) is 0 Å². The van der Waals surface area contributed by atoms with Gasteiger partial charge in [0.2, 0.25) is 11.8 Å². The number of hydrogen-bond donors (Lipinski definition) is 2. The minimum atomic E-state index is -0.373. The van der Waals surface area contributed by atoms with Crippen LogP contribution in [0.1, 0.15) is 34.8 Å². The summed E-state index contributed by atoms with van der Waals surface area (Å²) in [5.74, 6) is 1.17. The molecule has 6 aromatic rings. The summed E-state index contributed by atoms with van der Waals surface area (Å²) >= 11 is 0. The first-order valence-electron chi connectivity index (χ1n) is 17.7. The highest BCUT2D eigenvalue weighted by Crippen LogP contribution is 2.31. The van der Waals surface area contributed by atoms with Gasteiger partial charge < -0.3 is 20.3 Å². The lowest BCUT2D eigenvalue weighted by Crippen LogP contribution is -2.46. The molecule has 1 aliphatic heterocycles. The number of anilines is 4. The Labute approximate surface area is 304 Å². The lowest BCUT2D eigenvalue weighted by Gasteiger charge is -2.36. The van der Waals surface area contributed by atoms with Crippen molar-refractivity contribution in [1.29, 1.82) is 0 Å². The summed E-state index contributed by atoms with van der Waals surface area (Å²) in [6, 6.07) is 33.4. The predicted molar refractivity (Wildman–Crippen MR) is 208 cm³/mol. The molecule has 0 aliphatic carbocycles. The molecular formula is C42H42N8O2. The lowest BCUT2D eigenvalue weighted by molar-refractivity contribution is 0.102. The number of carbonyl (C=O) groups is 1. The van der Waals surface area contributed by atoms with Crippen LogP contribution in [0, 0.1) is 13.8 Å². The van der Waals surface area contributed by atoms with E-state index in [1.807, 2.05) is 105 Å². The van der Waals surface area contributed by atoms with Crippen molar-refractivity contribution in [3.05, 3.63) is 132 Å². The van der Waals surface area contributed by atoms with Gasteiger partial charge in [-0.25, -0.2) is 15.0 Å². The molecule has 0 atom stereocenters. The second kappa shape index (κ2) is 15.8. The molecule has 0 unspecified atom stereocenters. The van der Waals surface area contributed by atoms with Gasteiger partial charge in [0.1, 0.15) is 11.3 Å². The van der Waals surface area contributed by atoms with Crippen molar-refractivity contribution in [1.82, 2.24) is 24.8 Å². The fourth-order valence-corrected chi connectivity index (χ4v) is 6.36. The van der Waals surface area contributed by atoms with Crippen molar-refractivity contribution in [2.45, 2.75) is 27.2 Å². The molecule has 1 aliphatic rings. The first kappa shape index (κ1) is 34.3. The van der Waals surface area contributed by atoms with E-state index in [0.717, 1.165) is 72.0 Å². The fourth-order valence-electron chi connectivity index (χ4n) is 6.36. The van der Waals surface area contributed by atoms with Crippen LogP contribution in [-0.2, 0) is 0 Å². The number of aryl methyl sites for hydroxylation is 2. The molecule has 1 saturated heterocycles. The van der Waals surface area contributed by atoms with Crippen LogP contribution in [0.25, 0.3) is 22.6 Å². The van der Waals surface area contributed by atoms with Crippen LogP contribution in [0.2, 0.25) is 0 Å². The number of rotatable bonds is 11. The first-order valence-corrected chi connectivity index (χ1v) is 17.7. The van der Waals surface area contributed by atoms with Crippen molar-refractivity contribution in [2.24, 2.45) is 0 Å². The van der Waals surface area contributed by atoms with E-state index in [4.69, 9.17) is 14.7 Å². The van der Waals surface area contributed by atoms with Crippen molar-refractivity contribution >= 4 is 28.9 Å². The Morgan fingerprint density at radius 2 is 1.52 bits per heavy atom. The van der Waals surface area contributed by atoms with Gasteiger partial charge >= 0.3 is 0 Å². The van der Waals surface area contributed by atoms with Gasteiger partial charge in [0.05, 0.1) is 5.69 Å². The number of amides is 1. The van der Waals surface area contributed by atoms with Gasteiger partial charge in [0.15, 0.2) is 5.82 Å². The number of nitrogens with one attached hydrogen (secondary N) is 2. The third-order valence-electron chi connectivity index (χ3n) is 9.15. The van der Waals surface area contributed by atoms with Crippen LogP contribution in [0.3, 0.4) is 0 Å². The molecular weight excluding hydrogens is 649 g/mol. The Hall–Kier alpha value is -6.13. The highest BCUT2D eigenvalue weighted by atomic mass is 16.5. The maximum atomic E-state index is 13.8. The summed E-state index contributed by atoms with van der Waals surface area (Å²) in [5.41, 5.74) is 7.36. The zero-order valence-corrected chi connectivity index (χ0v) is 29.7. The Bertz CT molecular complexity index is 2130. The Morgan fingerprint density at radius 1 is 0.788 bits per heavy atom. The first-order chi connectivity index (χ1) is 25.4. The minimum Gasteiger partial charge on any atom is -0.438 e. The van der Waals surface area contributed by atoms with Gasteiger partial charge in [-0.3, -0.25) is 9.69 Å². The number of hydrogen-bond acceptors (Lipinski definition) is 9. The lowest BCUT2D eigenvalue weighted by atomic mass is 10.1. The molecule has 262 valence electrons. The van der Waals surface area contributed by atoms with Crippen LogP contribution in [-0.4, -0.2) is 63.5 Å². The van der Waals surface area contributed by atoms with E-state index in [2.05, 4.69) is 49.5 Å². The van der Waals surface area contributed by atoms with Gasteiger partial charge in [0, 0.05) is 66.8 Å². The van der Waals surface area contributed by atoms with Crippen molar-refractivity contribution in [2.75, 3.05) is 48.3 Å².